The maximum Gasteiger partial charge on any atom is 0.228 e. The molecule has 1 aliphatic carbocycles. The standard InChI is InChI=1S/C19H20N4O/c20-12-14-5-4-8-16(11-14)22-17-9-10-18(21-13-17)23-19(24)15-6-2-1-3-7-15/h4-5,8-11,13,15,22H,1-3,6-7H2,(H,21,23,24). The summed E-state index contributed by atoms with van der Waals surface area (Å²) in [4.78, 5) is 16.5. The quantitative estimate of drug-likeness (QED) is 0.884. The SMILES string of the molecule is N#Cc1cccc(Nc2ccc(NC(=O)C3CCCCC3)nc2)c1. The van der Waals surface area contributed by atoms with Crippen molar-refractivity contribution in [2.75, 3.05) is 10.6 Å². The number of nitriles is 1. The number of pyridine rings is 1. The van der Waals surface area contributed by atoms with Crippen LogP contribution in [-0.2, 0) is 4.79 Å². The zero-order valence-electron chi connectivity index (χ0n) is 13.5. The summed E-state index contributed by atoms with van der Waals surface area (Å²) < 4.78 is 0. The van der Waals surface area contributed by atoms with E-state index in [0.717, 1.165) is 37.1 Å². The van der Waals surface area contributed by atoms with Crippen LogP contribution in [0.2, 0.25) is 0 Å². The van der Waals surface area contributed by atoms with E-state index in [9.17, 15) is 4.79 Å². The van der Waals surface area contributed by atoms with E-state index >= 15 is 0 Å². The molecule has 3 rings (SSSR count). The van der Waals surface area contributed by atoms with Crippen LogP contribution in [0.4, 0.5) is 17.2 Å². The van der Waals surface area contributed by atoms with Crippen LogP contribution in [0, 0.1) is 17.2 Å². The summed E-state index contributed by atoms with van der Waals surface area (Å²) in [6, 6.07) is 13.0. The van der Waals surface area contributed by atoms with Gasteiger partial charge in [-0.15, -0.1) is 0 Å². The number of nitrogens with one attached hydrogen (secondary N) is 2. The molecule has 5 heteroatoms. The molecule has 1 heterocycles. The maximum absolute atomic E-state index is 12.2. The molecule has 0 atom stereocenters. The highest BCUT2D eigenvalue weighted by molar-refractivity contribution is 5.91. The highest BCUT2D eigenvalue weighted by atomic mass is 16.1. The van der Waals surface area contributed by atoms with Gasteiger partial charge in [-0.25, -0.2) is 4.98 Å². The van der Waals surface area contributed by atoms with Crippen molar-refractivity contribution in [2.24, 2.45) is 5.92 Å². The lowest BCUT2D eigenvalue weighted by Gasteiger charge is -2.20. The Kier molecular flexibility index (Phi) is 5.07. The first-order valence-corrected chi connectivity index (χ1v) is 8.29. The van der Waals surface area contributed by atoms with E-state index in [4.69, 9.17) is 5.26 Å². The first-order chi connectivity index (χ1) is 11.7. The number of aromatic nitrogens is 1. The number of rotatable bonds is 4. The van der Waals surface area contributed by atoms with Crippen LogP contribution < -0.4 is 10.6 Å². The number of amides is 1. The van der Waals surface area contributed by atoms with Crippen molar-refractivity contribution in [2.45, 2.75) is 32.1 Å². The molecule has 5 nitrogen and oxygen atoms in total. The second-order valence-electron chi connectivity index (χ2n) is 6.07. The molecule has 1 aliphatic rings. The average molecular weight is 320 g/mol. The van der Waals surface area contributed by atoms with Crippen LogP contribution in [0.3, 0.4) is 0 Å². The Hall–Kier alpha value is -2.87. The fraction of sp³-hybridized carbons (Fsp3) is 0.316. The van der Waals surface area contributed by atoms with Crippen LogP contribution in [-0.4, -0.2) is 10.9 Å². The van der Waals surface area contributed by atoms with Crippen LogP contribution in [0.15, 0.2) is 42.6 Å². The average Bonchev–Trinajstić information content (AvgIpc) is 2.64. The van der Waals surface area contributed by atoms with E-state index in [0.29, 0.717) is 11.4 Å². The molecular formula is C19H20N4O. The molecular weight excluding hydrogens is 300 g/mol. The molecule has 2 aromatic rings. The van der Waals surface area contributed by atoms with Gasteiger partial charge in [0, 0.05) is 11.6 Å². The molecule has 0 unspecified atom stereocenters. The molecule has 2 N–H and O–H groups in total. The predicted octanol–water partition coefficient (Wildman–Crippen LogP) is 4.22. The number of carbonyl (C=O) groups excluding carboxylic acids is 1. The lowest BCUT2D eigenvalue weighted by molar-refractivity contribution is -0.120. The van der Waals surface area contributed by atoms with Gasteiger partial charge >= 0.3 is 0 Å². The van der Waals surface area contributed by atoms with E-state index in [-0.39, 0.29) is 11.8 Å². The summed E-state index contributed by atoms with van der Waals surface area (Å²) in [5.74, 6) is 0.763. The zero-order chi connectivity index (χ0) is 16.8. The third-order valence-electron chi connectivity index (χ3n) is 4.27. The van der Waals surface area contributed by atoms with Crippen molar-refractivity contribution in [3.63, 3.8) is 0 Å². The lowest BCUT2D eigenvalue weighted by Crippen LogP contribution is -2.25. The third-order valence-corrected chi connectivity index (χ3v) is 4.27. The minimum atomic E-state index is 0.0737. The van der Waals surface area contributed by atoms with Gasteiger partial charge in [0.15, 0.2) is 0 Å². The monoisotopic (exact) mass is 320 g/mol. The summed E-state index contributed by atoms with van der Waals surface area (Å²) in [6.45, 7) is 0. The van der Waals surface area contributed by atoms with Crippen LogP contribution in [0.1, 0.15) is 37.7 Å². The molecule has 0 spiro atoms. The molecule has 122 valence electrons. The summed E-state index contributed by atoms with van der Waals surface area (Å²) in [7, 11) is 0. The van der Waals surface area contributed by atoms with Gasteiger partial charge < -0.3 is 10.6 Å². The van der Waals surface area contributed by atoms with E-state index < -0.39 is 0 Å². The van der Waals surface area contributed by atoms with Gasteiger partial charge in [0.2, 0.25) is 5.91 Å². The fourth-order valence-corrected chi connectivity index (χ4v) is 2.97. The molecule has 1 amide bonds. The normalized spacial score (nSPS) is 14.6. The van der Waals surface area contributed by atoms with Crippen LogP contribution in [0.5, 0.6) is 0 Å². The molecule has 1 saturated carbocycles. The van der Waals surface area contributed by atoms with Crippen molar-refractivity contribution in [3.05, 3.63) is 48.2 Å². The van der Waals surface area contributed by atoms with Crippen molar-refractivity contribution in [1.29, 1.82) is 5.26 Å². The first kappa shape index (κ1) is 16.0. The zero-order valence-corrected chi connectivity index (χ0v) is 13.5. The molecule has 1 fully saturated rings. The van der Waals surface area contributed by atoms with Gasteiger partial charge in [-0.3, -0.25) is 4.79 Å². The van der Waals surface area contributed by atoms with Crippen LogP contribution in [0.25, 0.3) is 0 Å². The van der Waals surface area contributed by atoms with Gasteiger partial charge in [0.25, 0.3) is 0 Å². The third kappa shape index (κ3) is 4.11. The van der Waals surface area contributed by atoms with Crippen molar-refractivity contribution >= 4 is 23.1 Å². The minimum absolute atomic E-state index is 0.0737. The second kappa shape index (κ2) is 7.60. The van der Waals surface area contributed by atoms with Gasteiger partial charge in [-0.1, -0.05) is 25.3 Å². The number of carbonyl (C=O) groups is 1. The number of anilines is 3. The van der Waals surface area contributed by atoms with Gasteiger partial charge in [0.1, 0.15) is 5.82 Å². The Morgan fingerprint density at radius 1 is 1.12 bits per heavy atom. The fourth-order valence-electron chi connectivity index (χ4n) is 2.97. The van der Waals surface area contributed by atoms with Gasteiger partial charge in [-0.2, -0.15) is 5.26 Å². The minimum Gasteiger partial charge on any atom is -0.354 e. The Balaban J connectivity index is 1.60. The molecule has 0 radical (unpaired) electrons. The van der Waals surface area contributed by atoms with Crippen molar-refractivity contribution < 1.29 is 4.79 Å². The molecule has 24 heavy (non-hydrogen) atoms. The topological polar surface area (TPSA) is 77.8 Å². The number of hydrogen-bond acceptors (Lipinski definition) is 4. The van der Waals surface area contributed by atoms with Crippen molar-refractivity contribution in [1.82, 2.24) is 4.98 Å². The maximum atomic E-state index is 12.2. The Morgan fingerprint density at radius 3 is 2.67 bits per heavy atom. The van der Waals surface area contributed by atoms with E-state index in [1.54, 1.807) is 24.4 Å². The molecule has 0 saturated heterocycles. The van der Waals surface area contributed by atoms with E-state index in [2.05, 4.69) is 21.7 Å². The largest absolute Gasteiger partial charge is 0.354 e. The lowest BCUT2D eigenvalue weighted by atomic mass is 9.89. The summed E-state index contributed by atoms with van der Waals surface area (Å²) in [6.07, 6.45) is 7.12. The highest BCUT2D eigenvalue weighted by Crippen LogP contribution is 2.25. The van der Waals surface area contributed by atoms with Crippen LogP contribution >= 0.6 is 0 Å². The Bertz CT molecular complexity index is 743. The molecule has 1 aromatic carbocycles. The summed E-state index contributed by atoms with van der Waals surface area (Å²) in [5, 5.41) is 15.0. The summed E-state index contributed by atoms with van der Waals surface area (Å²) >= 11 is 0. The smallest absolute Gasteiger partial charge is 0.228 e. The highest BCUT2D eigenvalue weighted by Gasteiger charge is 2.21. The first-order valence-electron chi connectivity index (χ1n) is 8.29. The molecule has 0 aliphatic heterocycles. The van der Waals surface area contributed by atoms with E-state index in [1.165, 1.54) is 6.42 Å². The van der Waals surface area contributed by atoms with Gasteiger partial charge in [0.05, 0.1) is 23.5 Å². The Morgan fingerprint density at radius 2 is 1.96 bits per heavy atom. The Labute approximate surface area is 141 Å². The van der Waals surface area contributed by atoms with Gasteiger partial charge in [-0.05, 0) is 43.2 Å². The van der Waals surface area contributed by atoms with E-state index in [1.807, 2.05) is 18.2 Å². The molecule has 1 aromatic heterocycles. The predicted molar refractivity (Wildman–Crippen MR) is 93.9 cm³/mol. The summed E-state index contributed by atoms with van der Waals surface area (Å²) in [5.41, 5.74) is 2.24. The number of hydrogen-bond donors (Lipinski definition) is 2. The second-order valence-corrected chi connectivity index (χ2v) is 6.07. The number of benzene rings is 1. The van der Waals surface area contributed by atoms with Crippen molar-refractivity contribution in [3.8, 4) is 6.07 Å². The molecule has 0 bridgehead atoms. The number of nitrogens with zero attached hydrogens (tertiary/aromatic N) is 2.